The van der Waals surface area contributed by atoms with Crippen molar-refractivity contribution in [3.8, 4) is 0 Å². The van der Waals surface area contributed by atoms with Gasteiger partial charge in [-0.1, -0.05) is 0 Å². The molecule has 0 N–H and O–H groups in total. The van der Waals surface area contributed by atoms with Gasteiger partial charge in [0.15, 0.2) is 0 Å². The Morgan fingerprint density at radius 3 is 1.50 bits per heavy atom. The molecule has 2 radical (unpaired) electrons. The molecule has 4 heteroatoms. The van der Waals surface area contributed by atoms with Gasteiger partial charge in [0, 0.05) is 0 Å². The van der Waals surface area contributed by atoms with E-state index in [1.165, 1.54) is 0 Å². The number of rotatable bonds is 2. The van der Waals surface area contributed by atoms with Crippen LogP contribution in [-0.4, -0.2) is 73.3 Å². The van der Waals surface area contributed by atoms with E-state index in [1.807, 2.05) is 0 Å². The van der Waals surface area contributed by atoms with Gasteiger partial charge < -0.3 is 0 Å². The van der Waals surface area contributed by atoms with E-state index in [0.717, 1.165) is 0 Å². The molecule has 22 valence electrons. The van der Waals surface area contributed by atoms with Crippen LogP contribution in [0.4, 0.5) is 0 Å². The molecule has 0 atom stereocenters. The Hall–Kier alpha value is 3.22. The molecule has 0 aromatic heterocycles. The minimum atomic E-state index is 0.0704. The Morgan fingerprint density at radius 1 is 1.00 bits per heavy atom. The summed E-state index contributed by atoms with van der Waals surface area (Å²) in [6.07, 6.45) is 0. The molecule has 0 aliphatic rings. The minimum absolute atomic E-state index is 0.0704. The molecule has 0 saturated heterocycles. The molecule has 0 bridgehead atoms. The first-order valence-corrected chi connectivity index (χ1v) is 34.8. The molecule has 0 aliphatic heterocycles. The van der Waals surface area contributed by atoms with Gasteiger partial charge in [-0.2, -0.15) is 0 Å². The molecule has 0 aromatic rings. The van der Waals surface area contributed by atoms with Gasteiger partial charge in [-0.05, 0) is 0 Å². The normalized spacial score (nSPS) is 7.00. The Kier molecular flexibility index (Phi) is 12.6. The van der Waals surface area contributed by atoms with Crippen LogP contribution in [0, 0.1) is 0 Å². The molecule has 0 aromatic carbocycles. The van der Waals surface area contributed by atoms with Crippen molar-refractivity contribution < 1.29 is 0 Å². The monoisotopic (exact) mass is 486 g/mol. The molecule has 6 heavy (non-hydrogen) atoms. The fourth-order valence-electron chi connectivity index (χ4n) is 0.128. The van der Waals surface area contributed by atoms with Crippen LogP contribution in [0.5, 0.6) is 0 Å². The zero-order valence-electron chi connectivity index (χ0n) is 3.46. The van der Waals surface area contributed by atoms with Crippen molar-refractivity contribution in [2.24, 2.45) is 0 Å². The van der Waals surface area contributed by atoms with Gasteiger partial charge in [0.05, 0.1) is 0 Å². The maximum absolute atomic E-state index is 2.55. The fraction of sp³-hybridized carbons (Fsp3) is 0. The topological polar surface area (TPSA) is 0 Å². The molecule has 0 unspecified atom stereocenters. The van der Waals surface area contributed by atoms with E-state index in [9.17, 15) is 0 Å². The average molecular weight is 485 g/mol. The quantitative estimate of drug-likeness (QED) is 0.473. The van der Waals surface area contributed by atoms with Crippen molar-refractivity contribution in [2.75, 3.05) is 0 Å². The summed E-state index contributed by atoms with van der Waals surface area (Å²) < 4.78 is 5.09. The zero-order chi connectivity index (χ0) is 4.83. The van der Waals surface area contributed by atoms with E-state index in [2.05, 4.69) is 7.67 Å². The summed E-state index contributed by atoms with van der Waals surface area (Å²) in [5.41, 5.74) is 0. The fourth-order valence-corrected chi connectivity index (χ4v) is 38.7. The van der Waals surface area contributed by atoms with Crippen molar-refractivity contribution in [1.29, 1.82) is 0 Å². The van der Waals surface area contributed by atoms with Crippen molar-refractivity contribution in [2.45, 2.75) is 0 Å². The first-order chi connectivity index (χ1) is 2.91. The number of hydrogen-bond donors (Lipinski definition) is 0. The molecule has 0 heterocycles. The van der Waals surface area contributed by atoms with E-state index in [-0.39, 0.29) is 35.2 Å². The summed E-state index contributed by atoms with van der Waals surface area (Å²) in [4.78, 5) is 0. The van der Waals surface area contributed by atoms with Crippen molar-refractivity contribution >= 4 is 73.3 Å². The molecule has 0 nitrogen and oxygen atoms in total. The summed E-state index contributed by atoms with van der Waals surface area (Å²) in [7, 11) is 0. The predicted molar refractivity (Wildman–Crippen MR) is 32.2 cm³/mol. The van der Waals surface area contributed by atoms with Gasteiger partial charge in [0.25, 0.3) is 0 Å². The Labute approximate surface area is 78.5 Å². The SMILES string of the molecule is [In]=[In]/[CH]=[CH]\[In]=[In]. The van der Waals surface area contributed by atoms with Crippen LogP contribution in [0.3, 0.4) is 0 Å². The van der Waals surface area contributed by atoms with E-state index in [1.54, 1.807) is 38.1 Å². The van der Waals surface area contributed by atoms with E-state index in [0.29, 0.717) is 0 Å². The second-order valence-corrected chi connectivity index (χ2v) is 19.9. The molecular formula is C2H2In4. The van der Waals surface area contributed by atoms with Crippen LogP contribution >= 0.6 is 0 Å². The van der Waals surface area contributed by atoms with Crippen LogP contribution < -0.4 is 0 Å². The third-order valence-corrected chi connectivity index (χ3v) is 15.0. The van der Waals surface area contributed by atoms with Crippen LogP contribution in [0.25, 0.3) is 0 Å². The van der Waals surface area contributed by atoms with Gasteiger partial charge >= 0.3 is 81.0 Å². The first-order valence-electron chi connectivity index (χ1n) is 1.67. The van der Waals surface area contributed by atoms with Crippen molar-refractivity contribution in [3.05, 3.63) is 7.67 Å². The summed E-state index contributed by atoms with van der Waals surface area (Å²) in [6.45, 7) is 0. The van der Waals surface area contributed by atoms with Crippen LogP contribution in [0.1, 0.15) is 0 Å². The zero-order valence-corrected chi connectivity index (χ0v) is 16.6. The Morgan fingerprint density at radius 2 is 1.33 bits per heavy atom. The van der Waals surface area contributed by atoms with Gasteiger partial charge in [-0.3, -0.25) is 0 Å². The average Bonchev–Trinajstić information content (AvgIpc) is 1.61. The maximum atomic E-state index is 2.55. The third-order valence-electron chi connectivity index (χ3n) is 0.333. The third kappa shape index (κ3) is 7.22. The molecule has 0 amide bonds. The molecule has 0 saturated carbocycles. The van der Waals surface area contributed by atoms with Crippen LogP contribution in [0.15, 0.2) is 7.67 Å². The van der Waals surface area contributed by atoms with E-state index < -0.39 is 0 Å². The molecule has 0 aliphatic carbocycles. The van der Waals surface area contributed by atoms with Gasteiger partial charge in [-0.25, -0.2) is 0 Å². The predicted octanol–water partition coefficient (Wildman–Crippen LogP) is -0.967. The molecular weight excluding hydrogens is 483 g/mol. The van der Waals surface area contributed by atoms with Gasteiger partial charge in [0.2, 0.25) is 0 Å². The Balaban J connectivity index is 3.17. The van der Waals surface area contributed by atoms with Crippen molar-refractivity contribution in [1.82, 2.24) is 0 Å². The second-order valence-electron chi connectivity index (χ2n) is 0.770. The standard InChI is InChI=1S/C2H2.4In/c1-2;;;;/h1-2H;;;;. The van der Waals surface area contributed by atoms with Crippen LogP contribution in [-0.2, 0) is 0 Å². The number of hydrogen-bond acceptors (Lipinski definition) is 0. The van der Waals surface area contributed by atoms with Crippen molar-refractivity contribution in [3.63, 3.8) is 0 Å². The summed E-state index contributed by atoms with van der Waals surface area (Å²) in [5.74, 6) is 0. The summed E-state index contributed by atoms with van der Waals surface area (Å²) in [6, 6.07) is 0. The molecule has 0 fully saturated rings. The summed E-state index contributed by atoms with van der Waals surface area (Å²) >= 11 is 3.35. The molecule has 0 rings (SSSR count). The van der Waals surface area contributed by atoms with Gasteiger partial charge in [-0.15, -0.1) is 0 Å². The van der Waals surface area contributed by atoms with E-state index >= 15 is 0 Å². The Bertz CT molecular complexity index is 63.6. The first kappa shape index (κ1) is 9.22. The van der Waals surface area contributed by atoms with Crippen LogP contribution in [0.2, 0.25) is 0 Å². The summed E-state index contributed by atoms with van der Waals surface area (Å²) in [5, 5.41) is 0. The molecule has 0 spiro atoms. The second kappa shape index (κ2) is 8.22. The van der Waals surface area contributed by atoms with Gasteiger partial charge in [0.1, 0.15) is 0 Å². The van der Waals surface area contributed by atoms with E-state index in [4.69, 9.17) is 0 Å².